The Morgan fingerprint density at radius 3 is 2.50 bits per heavy atom. The Balaban J connectivity index is 1.53. The van der Waals surface area contributed by atoms with Crippen molar-refractivity contribution in [3.63, 3.8) is 0 Å². The van der Waals surface area contributed by atoms with Gasteiger partial charge in [0.2, 0.25) is 5.82 Å². The fraction of sp³-hybridized carbons (Fsp3) is 0.0870. The molecule has 0 radical (unpaired) electrons. The van der Waals surface area contributed by atoms with Gasteiger partial charge in [-0.05, 0) is 54.1 Å². The zero-order valence-electron chi connectivity index (χ0n) is 16.1. The molecule has 0 fully saturated rings. The standard InChI is InChI=1S/C23H18FN3O3/c1-29-18-12-6-15(7-13-18)14-25-22(28)19-4-2-3-5-20(19)23-26-21(27-30-23)16-8-10-17(24)11-9-16/h2-13H,14H2,1H3,(H,25,28). The maximum atomic E-state index is 13.1. The summed E-state index contributed by atoms with van der Waals surface area (Å²) in [5.41, 5.74) is 2.50. The Kier molecular flexibility index (Phi) is 5.52. The van der Waals surface area contributed by atoms with Gasteiger partial charge in [-0.2, -0.15) is 4.98 Å². The van der Waals surface area contributed by atoms with Crippen LogP contribution in [0, 0.1) is 5.82 Å². The first-order valence-electron chi connectivity index (χ1n) is 9.24. The number of hydrogen-bond donors (Lipinski definition) is 1. The highest BCUT2D eigenvalue weighted by molar-refractivity contribution is 6.00. The third-order valence-corrected chi connectivity index (χ3v) is 4.54. The van der Waals surface area contributed by atoms with E-state index < -0.39 is 0 Å². The summed E-state index contributed by atoms with van der Waals surface area (Å²) in [4.78, 5) is 17.1. The first kappa shape index (κ1) is 19.3. The fourth-order valence-corrected chi connectivity index (χ4v) is 2.94. The molecule has 0 atom stereocenters. The van der Waals surface area contributed by atoms with Crippen LogP contribution >= 0.6 is 0 Å². The molecule has 150 valence electrons. The van der Waals surface area contributed by atoms with Crippen LogP contribution in [-0.4, -0.2) is 23.2 Å². The number of amides is 1. The Labute approximate surface area is 172 Å². The van der Waals surface area contributed by atoms with E-state index in [1.807, 2.05) is 24.3 Å². The van der Waals surface area contributed by atoms with Crippen LogP contribution in [0.2, 0.25) is 0 Å². The smallest absolute Gasteiger partial charge is 0.259 e. The van der Waals surface area contributed by atoms with Crippen molar-refractivity contribution in [2.24, 2.45) is 0 Å². The van der Waals surface area contributed by atoms with Gasteiger partial charge in [-0.3, -0.25) is 4.79 Å². The number of methoxy groups -OCH3 is 1. The normalized spacial score (nSPS) is 10.6. The molecule has 0 saturated heterocycles. The van der Waals surface area contributed by atoms with Crippen molar-refractivity contribution in [1.82, 2.24) is 15.5 Å². The van der Waals surface area contributed by atoms with Gasteiger partial charge in [-0.1, -0.05) is 29.4 Å². The van der Waals surface area contributed by atoms with Crippen molar-refractivity contribution in [2.75, 3.05) is 7.11 Å². The second kappa shape index (κ2) is 8.57. The third-order valence-electron chi connectivity index (χ3n) is 4.54. The van der Waals surface area contributed by atoms with Crippen molar-refractivity contribution in [1.29, 1.82) is 0 Å². The molecule has 0 spiro atoms. The molecule has 1 amide bonds. The highest BCUT2D eigenvalue weighted by Gasteiger charge is 2.18. The van der Waals surface area contributed by atoms with E-state index in [-0.39, 0.29) is 17.6 Å². The highest BCUT2D eigenvalue weighted by Crippen LogP contribution is 2.25. The Morgan fingerprint density at radius 1 is 1.03 bits per heavy atom. The topological polar surface area (TPSA) is 77.2 Å². The molecule has 7 heteroatoms. The molecule has 30 heavy (non-hydrogen) atoms. The largest absolute Gasteiger partial charge is 0.497 e. The molecule has 0 aliphatic rings. The van der Waals surface area contributed by atoms with Gasteiger partial charge >= 0.3 is 0 Å². The van der Waals surface area contributed by atoms with E-state index in [0.29, 0.717) is 29.1 Å². The second-order valence-electron chi connectivity index (χ2n) is 6.51. The van der Waals surface area contributed by atoms with Crippen LogP contribution < -0.4 is 10.1 Å². The number of carbonyl (C=O) groups is 1. The molecule has 0 unspecified atom stereocenters. The summed E-state index contributed by atoms with van der Waals surface area (Å²) in [5, 5.41) is 6.85. The lowest BCUT2D eigenvalue weighted by Gasteiger charge is -2.08. The quantitative estimate of drug-likeness (QED) is 0.514. The van der Waals surface area contributed by atoms with Gasteiger partial charge in [0, 0.05) is 12.1 Å². The number of ether oxygens (including phenoxy) is 1. The van der Waals surface area contributed by atoms with E-state index in [1.165, 1.54) is 12.1 Å². The number of aromatic nitrogens is 2. The summed E-state index contributed by atoms with van der Waals surface area (Å²) in [6, 6.07) is 20.2. The van der Waals surface area contributed by atoms with E-state index >= 15 is 0 Å². The molecular formula is C23H18FN3O3. The summed E-state index contributed by atoms with van der Waals surface area (Å²) in [6.45, 7) is 0.363. The van der Waals surface area contributed by atoms with Crippen molar-refractivity contribution in [2.45, 2.75) is 6.54 Å². The summed E-state index contributed by atoms with van der Waals surface area (Å²) >= 11 is 0. The van der Waals surface area contributed by atoms with E-state index in [9.17, 15) is 9.18 Å². The van der Waals surface area contributed by atoms with Crippen molar-refractivity contribution < 1.29 is 18.4 Å². The monoisotopic (exact) mass is 403 g/mol. The second-order valence-corrected chi connectivity index (χ2v) is 6.51. The van der Waals surface area contributed by atoms with Crippen molar-refractivity contribution >= 4 is 5.91 Å². The van der Waals surface area contributed by atoms with Gasteiger partial charge in [0.15, 0.2) is 0 Å². The zero-order valence-corrected chi connectivity index (χ0v) is 16.1. The summed E-state index contributed by atoms with van der Waals surface area (Å²) in [6.07, 6.45) is 0. The molecule has 0 aliphatic heterocycles. The third kappa shape index (κ3) is 4.20. The zero-order chi connectivity index (χ0) is 20.9. The van der Waals surface area contributed by atoms with Crippen LogP contribution in [0.3, 0.4) is 0 Å². The molecular weight excluding hydrogens is 385 g/mol. The fourth-order valence-electron chi connectivity index (χ4n) is 2.94. The number of carbonyl (C=O) groups excluding carboxylic acids is 1. The number of nitrogens with zero attached hydrogens (tertiary/aromatic N) is 2. The number of halogens is 1. The summed E-state index contributed by atoms with van der Waals surface area (Å²) in [5.74, 6) is 0.677. The maximum Gasteiger partial charge on any atom is 0.259 e. The van der Waals surface area contributed by atoms with Gasteiger partial charge in [-0.15, -0.1) is 0 Å². The van der Waals surface area contributed by atoms with Crippen LogP contribution in [0.1, 0.15) is 15.9 Å². The van der Waals surface area contributed by atoms with Crippen LogP contribution in [0.15, 0.2) is 77.3 Å². The molecule has 4 aromatic rings. The SMILES string of the molecule is COc1ccc(CNC(=O)c2ccccc2-c2nc(-c3ccc(F)cc3)no2)cc1. The van der Waals surface area contributed by atoms with E-state index in [1.54, 1.807) is 43.5 Å². The van der Waals surface area contributed by atoms with E-state index in [0.717, 1.165) is 11.3 Å². The van der Waals surface area contributed by atoms with Crippen molar-refractivity contribution in [3.05, 3.63) is 89.7 Å². The van der Waals surface area contributed by atoms with Gasteiger partial charge in [-0.25, -0.2) is 4.39 Å². The first-order chi connectivity index (χ1) is 14.6. The average molecular weight is 403 g/mol. The molecule has 0 aliphatic carbocycles. The van der Waals surface area contributed by atoms with Crippen LogP contribution in [-0.2, 0) is 6.54 Å². The van der Waals surface area contributed by atoms with Crippen LogP contribution in [0.4, 0.5) is 4.39 Å². The molecule has 4 rings (SSSR count). The van der Waals surface area contributed by atoms with Gasteiger partial charge in [0.05, 0.1) is 18.2 Å². The lowest BCUT2D eigenvalue weighted by molar-refractivity contribution is 0.0951. The molecule has 1 aromatic heterocycles. The van der Waals surface area contributed by atoms with Gasteiger partial charge in [0.25, 0.3) is 11.8 Å². The Morgan fingerprint density at radius 2 is 1.77 bits per heavy atom. The minimum absolute atomic E-state index is 0.213. The lowest BCUT2D eigenvalue weighted by Crippen LogP contribution is -2.23. The first-order valence-corrected chi connectivity index (χ1v) is 9.24. The molecule has 6 nitrogen and oxygen atoms in total. The summed E-state index contributed by atoms with van der Waals surface area (Å²) in [7, 11) is 1.60. The Hall–Kier alpha value is -4.00. The molecule has 1 N–H and O–H groups in total. The predicted molar refractivity (Wildman–Crippen MR) is 109 cm³/mol. The van der Waals surface area contributed by atoms with E-state index in [4.69, 9.17) is 9.26 Å². The highest BCUT2D eigenvalue weighted by atomic mass is 19.1. The van der Waals surface area contributed by atoms with Crippen LogP contribution in [0.5, 0.6) is 5.75 Å². The average Bonchev–Trinajstić information content (AvgIpc) is 3.28. The molecule has 0 saturated carbocycles. The Bertz CT molecular complexity index is 1160. The number of hydrogen-bond acceptors (Lipinski definition) is 5. The molecule has 3 aromatic carbocycles. The number of nitrogens with one attached hydrogen (secondary N) is 1. The van der Waals surface area contributed by atoms with Crippen molar-refractivity contribution in [3.8, 4) is 28.6 Å². The molecule has 1 heterocycles. The minimum atomic E-state index is -0.346. The minimum Gasteiger partial charge on any atom is -0.497 e. The predicted octanol–water partition coefficient (Wildman–Crippen LogP) is 4.48. The van der Waals surface area contributed by atoms with Gasteiger partial charge in [0.1, 0.15) is 11.6 Å². The lowest BCUT2D eigenvalue weighted by atomic mass is 10.1. The van der Waals surface area contributed by atoms with Crippen LogP contribution in [0.25, 0.3) is 22.8 Å². The maximum absolute atomic E-state index is 13.1. The van der Waals surface area contributed by atoms with E-state index in [2.05, 4.69) is 15.5 Å². The molecule has 0 bridgehead atoms. The summed E-state index contributed by atoms with van der Waals surface area (Å²) < 4.78 is 23.6. The number of rotatable bonds is 6. The number of benzene rings is 3. The van der Waals surface area contributed by atoms with Gasteiger partial charge < -0.3 is 14.6 Å².